The fourth-order valence-electron chi connectivity index (χ4n) is 1.72. The molecule has 0 aliphatic carbocycles. The van der Waals surface area contributed by atoms with Gasteiger partial charge in [-0.05, 0) is 44.1 Å². The lowest BCUT2D eigenvalue weighted by atomic mass is 10.1. The van der Waals surface area contributed by atoms with Crippen molar-refractivity contribution in [2.24, 2.45) is 0 Å². The van der Waals surface area contributed by atoms with Crippen LogP contribution in [0.4, 0.5) is 0 Å². The van der Waals surface area contributed by atoms with Gasteiger partial charge in [0.25, 0.3) is 0 Å². The maximum atomic E-state index is 11.0. The van der Waals surface area contributed by atoms with E-state index >= 15 is 0 Å². The molecule has 0 heterocycles. The number of methoxy groups -OCH3 is 1. The predicted molar refractivity (Wildman–Crippen MR) is 76.6 cm³/mol. The number of halogens is 1. The lowest BCUT2D eigenvalue weighted by molar-refractivity contribution is -0.140. The Labute approximate surface area is 117 Å². The van der Waals surface area contributed by atoms with Gasteiger partial charge in [0, 0.05) is 17.4 Å². The fourth-order valence-corrected chi connectivity index (χ4v) is 2.17. The van der Waals surface area contributed by atoms with Gasteiger partial charge in [0.15, 0.2) is 0 Å². The van der Waals surface area contributed by atoms with Gasteiger partial charge in [0.2, 0.25) is 0 Å². The molecule has 0 atom stereocenters. The minimum atomic E-state index is -0.129. The third-order valence-electron chi connectivity index (χ3n) is 2.82. The second kappa shape index (κ2) is 8.27. The van der Waals surface area contributed by atoms with Gasteiger partial charge in [-0.1, -0.05) is 28.1 Å². The highest BCUT2D eigenvalue weighted by molar-refractivity contribution is 9.10. The minimum Gasteiger partial charge on any atom is -0.469 e. The highest BCUT2D eigenvalue weighted by Crippen LogP contribution is 2.12. The van der Waals surface area contributed by atoms with Crippen molar-refractivity contribution < 1.29 is 9.53 Å². The third-order valence-corrected chi connectivity index (χ3v) is 3.31. The van der Waals surface area contributed by atoms with Crippen LogP contribution in [0.1, 0.15) is 18.4 Å². The Hall–Kier alpha value is -0.870. The molecule has 1 rings (SSSR count). The zero-order valence-corrected chi connectivity index (χ0v) is 12.6. The molecule has 0 aliphatic rings. The van der Waals surface area contributed by atoms with Crippen molar-refractivity contribution in [1.82, 2.24) is 4.90 Å². The van der Waals surface area contributed by atoms with Gasteiger partial charge < -0.3 is 9.64 Å². The van der Waals surface area contributed by atoms with Crippen molar-refractivity contribution >= 4 is 21.9 Å². The number of carbonyl (C=O) groups excluding carboxylic acids is 1. The van der Waals surface area contributed by atoms with E-state index in [2.05, 4.69) is 50.8 Å². The topological polar surface area (TPSA) is 29.5 Å². The highest BCUT2D eigenvalue weighted by Gasteiger charge is 2.03. The Morgan fingerprint density at radius 1 is 1.39 bits per heavy atom. The van der Waals surface area contributed by atoms with E-state index in [-0.39, 0.29) is 5.97 Å². The normalized spacial score (nSPS) is 10.7. The van der Waals surface area contributed by atoms with Crippen LogP contribution in [-0.4, -0.2) is 38.1 Å². The Balaban J connectivity index is 2.20. The smallest absolute Gasteiger partial charge is 0.305 e. The van der Waals surface area contributed by atoms with Crippen molar-refractivity contribution in [3.63, 3.8) is 0 Å². The van der Waals surface area contributed by atoms with Crippen molar-refractivity contribution in [3.05, 3.63) is 34.3 Å². The summed E-state index contributed by atoms with van der Waals surface area (Å²) in [7, 11) is 3.51. The number of rotatable bonds is 7. The molecule has 0 aromatic heterocycles. The van der Waals surface area contributed by atoms with E-state index < -0.39 is 0 Å². The first-order valence-electron chi connectivity index (χ1n) is 6.11. The number of hydrogen-bond acceptors (Lipinski definition) is 3. The predicted octanol–water partition coefficient (Wildman–Crippen LogP) is 2.88. The number of esters is 1. The van der Waals surface area contributed by atoms with Crippen molar-refractivity contribution in [1.29, 1.82) is 0 Å². The quantitative estimate of drug-likeness (QED) is 0.725. The molecule has 0 saturated carbocycles. The van der Waals surface area contributed by atoms with E-state index in [9.17, 15) is 4.79 Å². The zero-order valence-electron chi connectivity index (χ0n) is 11.0. The van der Waals surface area contributed by atoms with Gasteiger partial charge in [0.05, 0.1) is 7.11 Å². The summed E-state index contributed by atoms with van der Waals surface area (Å²) in [5.74, 6) is -0.129. The first-order valence-corrected chi connectivity index (χ1v) is 6.91. The minimum absolute atomic E-state index is 0.129. The van der Waals surface area contributed by atoms with E-state index in [0.29, 0.717) is 6.42 Å². The van der Waals surface area contributed by atoms with Crippen LogP contribution in [0.5, 0.6) is 0 Å². The maximum Gasteiger partial charge on any atom is 0.305 e. The van der Waals surface area contributed by atoms with Crippen LogP contribution >= 0.6 is 15.9 Å². The Bertz CT molecular complexity index is 382. The third kappa shape index (κ3) is 6.17. The first kappa shape index (κ1) is 15.2. The van der Waals surface area contributed by atoms with Crippen molar-refractivity contribution in [2.45, 2.75) is 19.3 Å². The Morgan fingerprint density at radius 3 is 2.83 bits per heavy atom. The van der Waals surface area contributed by atoms with Gasteiger partial charge in [-0.2, -0.15) is 0 Å². The number of likely N-dealkylation sites (N-methyl/N-ethyl adjacent to an activating group) is 1. The van der Waals surface area contributed by atoms with Gasteiger partial charge >= 0.3 is 5.97 Å². The zero-order chi connectivity index (χ0) is 13.4. The molecule has 0 amide bonds. The van der Waals surface area contributed by atoms with E-state index in [1.54, 1.807) is 0 Å². The summed E-state index contributed by atoms with van der Waals surface area (Å²) in [6.45, 7) is 1.92. The lowest BCUT2D eigenvalue weighted by Gasteiger charge is -2.16. The van der Waals surface area contributed by atoms with Crippen LogP contribution in [0.25, 0.3) is 0 Å². The van der Waals surface area contributed by atoms with Gasteiger partial charge in [-0.25, -0.2) is 0 Å². The average Bonchev–Trinajstić information content (AvgIpc) is 2.36. The SMILES string of the molecule is COC(=O)CCCN(C)CCc1cccc(Br)c1. The molecule has 0 unspecified atom stereocenters. The molecule has 0 aliphatic heterocycles. The molecule has 3 nitrogen and oxygen atoms in total. The molecule has 0 radical (unpaired) electrons. The molecule has 18 heavy (non-hydrogen) atoms. The molecule has 0 N–H and O–H groups in total. The highest BCUT2D eigenvalue weighted by atomic mass is 79.9. The van der Waals surface area contributed by atoms with Crippen LogP contribution in [0.2, 0.25) is 0 Å². The lowest BCUT2D eigenvalue weighted by Crippen LogP contribution is -2.23. The summed E-state index contributed by atoms with van der Waals surface area (Å²) >= 11 is 3.47. The van der Waals surface area contributed by atoms with Crippen LogP contribution < -0.4 is 0 Å². The molecule has 0 saturated heterocycles. The standard InChI is InChI=1S/C14H20BrNO2/c1-16(9-4-7-14(17)18-2)10-8-12-5-3-6-13(15)11-12/h3,5-6,11H,4,7-10H2,1-2H3. The Kier molecular flexibility index (Phi) is 6.98. The molecule has 100 valence electrons. The van der Waals surface area contributed by atoms with E-state index in [4.69, 9.17) is 0 Å². The average molecular weight is 314 g/mol. The van der Waals surface area contributed by atoms with E-state index in [0.717, 1.165) is 30.4 Å². The maximum absolute atomic E-state index is 11.0. The molecule has 1 aromatic rings. The van der Waals surface area contributed by atoms with Gasteiger partial charge in [-0.15, -0.1) is 0 Å². The largest absolute Gasteiger partial charge is 0.469 e. The monoisotopic (exact) mass is 313 g/mol. The number of nitrogens with zero attached hydrogens (tertiary/aromatic N) is 1. The van der Waals surface area contributed by atoms with Gasteiger partial charge in [0.1, 0.15) is 0 Å². The summed E-state index contributed by atoms with van der Waals surface area (Å²) in [5.41, 5.74) is 1.32. The van der Waals surface area contributed by atoms with Crippen molar-refractivity contribution in [3.8, 4) is 0 Å². The molecule has 4 heteroatoms. The van der Waals surface area contributed by atoms with E-state index in [1.807, 2.05) is 6.07 Å². The second-order valence-corrected chi connectivity index (χ2v) is 5.28. The molecule has 0 bridgehead atoms. The van der Waals surface area contributed by atoms with Crippen LogP contribution in [-0.2, 0) is 16.0 Å². The van der Waals surface area contributed by atoms with E-state index in [1.165, 1.54) is 12.7 Å². The molecular formula is C14H20BrNO2. The summed E-state index contributed by atoms with van der Waals surface area (Å²) in [6, 6.07) is 8.36. The summed E-state index contributed by atoms with van der Waals surface area (Å²) in [4.78, 5) is 13.2. The van der Waals surface area contributed by atoms with Crippen LogP contribution in [0.15, 0.2) is 28.7 Å². The summed E-state index contributed by atoms with van der Waals surface area (Å²) in [6.07, 6.45) is 2.37. The second-order valence-electron chi connectivity index (χ2n) is 4.36. The number of ether oxygens (including phenoxy) is 1. The number of carbonyl (C=O) groups is 1. The molecule has 1 aromatic carbocycles. The molecular weight excluding hydrogens is 294 g/mol. The first-order chi connectivity index (χ1) is 8.61. The van der Waals surface area contributed by atoms with Gasteiger partial charge in [-0.3, -0.25) is 4.79 Å². The van der Waals surface area contributed by atoms with Crippen LogP contribution in [0, 0.1) is 0 Å². The number of hydrogen-bond donors (Lipinski definition) is 0. The van der Waals surface area contributed by atoms with Crippen LogP contribution in [0.3, 0.4) is 0 Å². The fraction of sp³-hybridized carbons (Fsp3) is 0.500. The van der Waals surface area contributed by atoms with Crippen molar-refractivity contribution in [2.75, 3.05) is 27.2 Å². The Morgan fingerprint density at radius 2 is 2.17 bits per heavy atom. The number of benzene rings is 1. The summed E-state index contributed by atoms with van der Waals surface area (Å²) in [5, 5.41) is 0. The molecule has 0 fully saturated rings. The summed E-state index contributed by atoms with van der Waals surface area (Å²) < 4.78 is 5.73. The molecule has 0 spiro atoms.